The van der Waals surface area contributed by atoms with Crippen molar-refractivity contribution < 1.29 is 26.8 Å². The molecule has 0 radical (unpaired) electrons. The van der Waals surface area contributed by atoms with E-state index in [1.54, 1.807) is 23.1 Å². The third-order valence-electron chi connectivity index (χ3n) is 4.78. The van der Waals surface area contributed by atoms with Gasteiger partial charge in [0.2, 0.25) is 5.88 Å². The van der Waals surface area contributed by atoms with Gasteiger partial charge in [0.05, 0.1) is 28.8 Å². The molecule has 1 aliphatic heterocycles. The van der Waals surface area contributed by atoms with Crippen LogP contribution < -0.4 is 21.3 Å². The first-order valence-corrected chi connectivity index (χ1v) is 10.1. The second-order valence-corrected chi connectivity index (χ2v) is 7.70. The molecule has 0 saturated carbocycles. The van der Waals surface area contributed by atoms with Crippen LogP contribution in [0.1, 0.15) is 17.3 Å². The maximum absolute atomic E-state index is 14.4. The van der Waals surface area contributed by atoms with E-state index in [4.69, 9.17) is 15.9 Å². The number of amides is 2. The molecule has 1 unspecified atom stereocenters. The van der Waals surface area contributed by atoms with E-state index < -0.39 is 35.4 Å². The molecule has 0 fully saturated rings. The number of amidine groups is 1. The Hall–Kier alpha value is -3.13. The lowest BCUT2D eigenvalue weighted by molar-refractivity contribution is -0.137. The van der Waals surface area contributed by atoms with Crippen LogP contribution >= 0.6 is 22.6 Å². The number of nitrogens with two attached hydrogens (primary N) is 2. The number of benzene rings is 2. The van der Waals surface area contributed by atoms with Crippen LogP contribution in [0.25, 0.3) is 0 Å². The highest BCUT2D eigenvalue weighted by Crippen LogP contribution is 2.39. The minimum absolute atomic E-state index is 0.0704. The van der Waals surface area contributed by atoms with Crippen LogP contribution in [0.4, 0.5) is 45.3 Å². The highest BCUT2D eigenvalue weighted by Gasteiger charge is 2.33. The topological polar surface area (TPSA) is 101 Å². The molecule has 1 atom stereocenters. The number of furan rings is 1. The molecule has 2 aromatic carbocycles. The standard InChI is InChI=1S/C20H14F4IN5O2/c21-14-6-1-10(20(22,23)24)9-15(14)29(19(27)31)11-2-4-12(5-3-11)30-16(26)13-7-8-32-17(13)28-18(30)25/h1-9,16H,26H2,(H2,27,31). The number of urea groups is 1. The van der Waals surface area contributed by atoms with Gasteiger partial charge in [-0.05, 0) is 48.5 Å². The van der Waals surface area contributed by atoms with E-state index in [0.29, 0.717) is 44.1 Å². The second-order valence-electron chi connectivity index (χ2n) is 6.73. The largest absolute Gasteiger partial charge is 0.446 e. The summed E-state index contributed by atoms with van der Waals surface area (Å²) in [5, 5.41) is 0. The van der Waals surface area contributed by atoms with Gasteiger partial charge in [0.1, 0.15) is 12.0 Å². The molecule has 0 spiro atoms. The van der Waals surface area contributed by atoms with Crippen molar-refractivity contribution in [1.29, 1.82) is 0 Å². The SMILES string of the molecule is NC(=O)N(c1ccc(N2C(I)=Nc3occc3C2N)cc1)c1cc(C(F)(F)F)ccc1F. The monoisotopic (exact) mass is 559 g/mol. The number of aliphatic imine (C=N–C) groups is 1. The first-order valence-electron chi connectivity index (χ1n) is 9.00. The van der Waals surface area contributed by atoms with Gasteiger partial charge < -0.3 is 20.8 Å². The number of halogens is 5. The second kappa shape index (κ2) is 8.09. The Morgan fingerprint density at radius 3 is 2.47 bits per heavy atom. The number of primary amides is 1. The number of alkyl halides is 3. The number of nitrogens with zero attached hydrogens (tertiary/aromatic N) is 3. The molecule has 4 N–H and O–H groups in total. The highest BCUT2D eigenvalue weighted by molar-refractivity contribution is 14.1. The van der Waals surface area contributed by atoms with Gasteiger partial charge >= 0.3 is 12.2 Å². The van der Waals surface area contributed by atoms with Gasteiger partial charge in [0.15, 0.2) is 3.84 Å². The number of carbonyl (C=O) groups excluding carboxylic acids is 1. The van der Waals surface area contributed by atoms with Gasteiger partial charge in [-0.2, -0.15) is 18.2 Å². The summed E-state index contributed by atoms with van der Waals surface area (Å²) in [6.07, 6.45) is -3.85. The number of anilines is 3. The van der Waals surface area contributed by atoms with Crippen molar-refractivity contribution in [1.82, 2.24) is 0 Å². The summed E-state index contributed by atoms with van der Waals surface area (Å²) in [4.78, 5) is 18.7. The van der Waals surface area contributed by atoms with Crippen molar-refractivity contribution in [2.75, 3.05) is 9.80 Å². The van der Waals surface area contributed by atoms with Crippen LogP contribution in [0.5, 0.6) is 0 Å². The predicted octanol–water partition coefficient (Wildman–Crippen LogP) is 5.55. The lowest BCUT2D eigenvalue weighted by Crippen LogP contribution is -2.38. The van der Waals surface area contributed by atoms with Crippen molar-refractivity contribution in [3.8, 4) is 0 Å². The molecule has 0 aliphatic carbocycles. The minimum Gasteiger partial charge on any atom is -0.446 e. The molecule has 0 saturated heterocycles. The summed E-state index contributed by atoms with van der Waals surface area (Å²) in [5.74, 6) is -0.636. The van der Waals surface area contributed by atoms with Crippen molar-refractivity contribution in [2.24, 2.45) is 16.5 Å². The Morgan fingerprint density at radius 2 is 1.84 bits per heavy atom. The zero-order valence-electron chi connectivity index (χ0n) is 16.0. The van der Waals surface area contributed by atoms with E-state index in [9.17, 15) is 22.4 Å². The fraction of sp³-hybridized carbons (Fsp3) is 0.100. The summed E-state index contributed by atoms with van der Waals surface area (Å²) in [5.41, 5.74) is 11.3. The molecule has 2 heterocycles. The fourth-order valence-corrected chi connectivity index (χ4v) is 4.09. The molecule has 3 aromatic rings. The average molecular weight is 559 g/mol. The van der Waals surface area contributed by atoms with Crippen LogP contribution in [-0.2, 0) is 6.18 Å². The Labute approximate surface area is 192 Å². The first-order chi connectivity index (χ1) is 15.1. The van der Waals surface area contributed by atoms with Crippen LogP contribution in [0.3, 0.4) is 0 Å². The van der Waals surface area contributed by atoms with Gasteiger partial charge in [-0.15, -0.1) is 0 Å². The smallest absolute Gasteiger partial charge is 0.416 e. The molecule has 4 rings (SSSR count). The number of carbonyl (C=O) groups is 1. The van der Waals surface area contributed by atoms with Gasteiger partial charge in [-0.25, -0.2) is 9.18 Å². The first kappa shape index (κ1) is 22.1. The molecular formula is C20H14F4IN5O2. The number of hydrogen-bond donors (Lipinski definition) is 2. The molecule has 1 aliphatic rings. The minimum atomic E-state index is -4.72. The average Bonchev–Trinajstić information content (AvgIpc) is 3.18. The van der Waals surface area contributed by atoms with E-state index in [2.05, 4.69) is 4.99 Å². The highest BCUT2D eigenvalue weighted by atomic mass is 127. The predicted molar refractivity (Wildman–Crippen MR) is 119 cm³/mol. The Bertz CT molecular complexity index is 1210. The van der Waals surface area contributed by atoms with E-state index in [0.717, 1.165) is 0 Å². The summed E-state index contributed by atoms with van der Waals surface area (Å²) >= 11 is 1.98. The molecule has 2 amide bonds. The van der Waals surface area contributed by atoms with Crippen LogP contribution in [0.15, 0.2) is 64.2 Å². The van der Waals surface area contributed by atoms with Gasteiger partial charge in [0.25, 0.3) is 0 Å². The van der Waals surface area contributed by atoms with E-state index in [1.165, 1.54) is 18.4 Å². The van der Waals surface area contributed by atoms with Crippen molar-refractivity contribution >= 4 is 55.4 Å². The lowest BCUT2D eigenvalue weighted by Gasteiger charge is -2.32. The summed E-state index contributed by atoms with van der Waals surface area (Å²) in [7, 11) is 0. The van der Waals surface area contributed by atoms with E-state index in [-0.39, 0.29) is 5.69 Å². The van der Waals surface area contributed by atoms with E-state index in [1.807, 2.05) is 22.6 Å². The quantitative estimate of drug-likeness (QED) is 0.250. The molecule has 7 nitrogen and oxygen atoms in total. The Morgan fingerprint density at radius 1 is 1.16 bits per heavy atom. The number of fused-ring (bicyclic) bond motifs is 1. The fourth-order valence-electron chi connectivity index (χ4n) is 3.29. The number of rotatable bonds is 3. The molecule has 12 heteroatoms. The maximum atomic E-state index is 14.4. The lowest BCUT2D eigenvalue weighted by atomic mass is 10.1. The Kier molecular flexibility index (Phi) is 5.58. The normalized spacial score (nSPS) is 15.9. The van der Waals surface area contributed by atoms with Gasteiger partial charge in [-0.1, -0.05) is 0 Å². The van der Waals surface area contributed by atoms with Crippen LogP contribution in [0.2, 0.25) is 0 Å². The Balaban J connectivity index is 1.71. The third-order valence-corrected chi connectivity index (χ3v) is 5.55. The van der Waals surface area contributed by atoms with Crippen molar-refractivity contribution in [3.63, 3.8) is 0 Å². The van der Waals surface area contributed by atoms with E-state index >= 15 is 0 Å². The van der Waals surface area contributed by atoms with Crippen LogP contribution in [0, 0.1) is 5.82 Å². The third kappa shape index (κ3) is 3.90. The molecule has 166 valence electrons. The zero-order chi connectivity index (χ0) is 23.2. The van der Waals surface area contributed by atoms with Crippen molar-refractivity contribution in [3.05, 3.63) is 71.7 Å². The summed E-state index contributed by atoms with van der Waals surface area (Å²) < 4.78 is 59.4. The molecule has 0 bridgehead atoms. The van der Waals surface area contributed by atoms with Gasteiger partial charge in [-0.3, -0.25) is 4.90 Å². The molecule has 1 aromatic heterocycles. The van der Waals surface area contributed by atoms with Gasteiger partial charge in [0, 0.05) is 28.3 Å². The zero-order valence-corrected chi connectivity index (χ0v) is 18.1. The molecular weight excluding hydrogens is 545 g/mol. The molecule has 32 heavy (non-hydrogen) atoms. The summed E-state index contributed by atoms with van der Waals surface area (Å²) in [6, 6.07) is 8.27. The number of hydrogen-bond acceptors (Lipinski definition) is 5. The van der Waals surface area contributed by atoms with Crippen LogP contribution in [-0.4, -0.2) is 9.87 Å². The maximum Gasteiger partial charge on any atom is 0.416 e. The summed E-state index contributed by atoms with van der Waals surface area (Å²) in [6.45, 7) is 0. The van der Waals surface area contributed by atoms with Crippen molar-refractivity contribution in [2.45, 2.75) is 12.3 Å².